The van der Waals surface area contributed by atoms with Gasteiger partial charge in [0, 0.05) is 24.8 Å². The Morgan fingerprint density at radius 2 is 1.88 bits per heavy atom. The largest absolute Gasteiger partial charge is 0.545 e. The number of carbonyl (C=O) groups is 2. The summed E-state index contributed by atoms with van der Waals surface area (Å²) in [7, 11) is 1.59. The van der Waals surface area contributed by atoms with Crippen LogP contribution in [0.1, 0.15) is 41.4 Å². The number of aromatic nitrogens is 1. The monoisotopic (exact) mass is 478 g/mol. The Labute approximate surface area is 193 Å². The van der Waals surface area contributed by atoms with Gasteiger partial charge in [0.25, 0.3) is 0 Å². The number of nitrogens with zero attached hydrogens (tertiary/aromatic N) is 2. The Bertz CT molecular complexity index is 1160. The second-order valence-electron chi connectivity index (χ2n) is 7.62. The Kier molecular flexibility index (Phi) is 7.64. The average molecular weight is 478 g/mol. The number of aryl methyl sites for hydroxylation is 1. The SMILES string of the molecule is CCCc1c(OCCCN(C)C(=O)Nc2ccc(C(=O)[O-])cc2)ccc2c(C(F)(F)F)noc12. The molecular weight excluding hydrogens is 455 g/mol. The van der Waals surface area contributed by atoms with Gasteiger partial charge in [0.15, 0.2) is 11.3 Å². The number of carboxylic acids is 1. The molecule has 0 aliphatic carbocycles. The average Bonchev–Trinajstić information content (AvgIpc) is 3.23. The molecule has 11 heteroatoms. The van der Waals surface area contributed by atoms with Crippen LogP contribution in [0.25, 0.3) is 11.0 Å². The van der Waals surface area contributed by atoms with Crippen LogP contribution >= 0.6 is 0 Å². The fourth-order valence-corrected chi connectivity index (χ4v) is 3.36. The molecule has 8 nitrogen and oxygen atoms in total. The van der Waals surface area contributed by atoms with Crippen LogP contribution in [0.4, 0.5) is 23.7 Å². The van der Waals surface area contributed by atoms with Crippen LogP contribution in [0.15, 0.2) is 40.9 Å². The summed E-state index contributed by atoms with van der Waals surface area (Å²) in [4.78, 5) is 24.5. The van der Waals surface area contributed by atoms with E-state index in [-0.39, 0.29) is 23.1 Å². The summed E-state index contributed by atoms with van der Waals surface area (Å²) in [5, 5.41) is 16.5. The molecule has 2 aromatic carbocycles. The van der Waals surface area contributed by atoms with Crippen molar-refractivity contribution in [2.45, 2.75) is 32.4 Å². The number of ether oxygens (including phenoxy) is 1. The van der Waals surface area contributed by atoms with Crippen molar-refractivity contribution in [3.05, 3.63) is 53.2 Å². The topological polar surface area (TPSA) is 108 Å². The first-order valence-corrected chi connectivity index (χ1v) is 10.6. The fourth-order valence-electron chi connectivity index (χ4n) is 3.36. The number of alkyl halides is 3. The molecule has 0 saturated heterocycles. The number of halogens is 3. The van der Waals surface area contributed by atoms with E-state index in [0.29, 0.717) is 42.8 Å². The van der Waals surface area contributed by atoms with Crippen molar-refractivity contribution in [2.75, 3.05) is 25.5 Å². The van der Waals surface area contributed by atoms with Crippen LogP contribution in [-0.2, 0) is 12.6 Å². The summed E-state index contributed by atoms with van der Waals surface area (Å²) in [5.74, 6) is -0.889. The van der Waals surface area contributed by atoms with E-state index in [1.54, 1.807) is 7.05 Å². The number of carboxylic acid groups (broad SMARTS) is 1. The third-order valence-electron chi connectivity index (χ3n) is 5.08. The summed E-state index contributed by atoms with van der Waals surface area (Å²) >= 11 is 0. The van der Waals surface area contributed by atoms with Gasteiger partial charge in [0.1, 0.15) is 5.75 Å². The quantitative estimate of drug-likeness (QED) is 0.464. The highest BCUT2D eigenvalue weighted by molar-refractivity contribution is 5.91. The van der Waals surface area contributed by atoms with Gasteiger partial charge >= 0.3 is 12.2 Å². The van der Waals surface area contributed by atoms with Gasteiger partial charge in [-0.15, -0.1) is 0 Å². The van der Waals surface area contributed by atoms with Gasteiger partial charge < -0.3 is 29.4 Å². The maximum absolute atomic E-state index is 13.1. The van der Waals surface area contributed by atoms with Crippen molar-refractivity contribution in [2.24, 2.45) is 0 Å². The third-order valence-corrected chi connectivity index (χ3v) is 5.08. The molecule has 3 rings (SSSR count). The number of aromatic carboxylic acids is 1. The standard InChI is InChI=1S/C23H24F3N3O5/c1-3-5-16-18(11-10-17-19(16)34-28-20(17)23(24,25)26)33-13-4-12-29(2)22(32)27-15-8-6-14(7-9-15)21(30)31/h6-11H,3-5,12-13H2,1-2H3,(H,27,32)(H,30,31)/p-1. The highest BCUT2D eigenvalue weighted by Crippen LogP contribution is 2.38. The van der Waals surface area contributed by atoms with Crippen LogP contribution in [0, 0.1) is 0 Å². The minimum atomic E-state index is -4.61. The highest BCUT2D eigenvalue weighted by Gasteiger charge is 2.37. The minimum Gasteiger partial charge on any atom is -0.545 e. The molecule has 1 N–H and O–H groups in total. The maximum Gasteiger partial charge on any atom is 0.437 e. The summed E-state index contributed by atoms with van der Waals surface area (Å²) in [5.41, 5.74) is -0.0414. The molecule has 0 radical (unpaired) electrons. The second kappa shape index (κ2) is 10.4. The molecule has 0 bridgehead atoms. The van der Waals surface area contributed by atoms with E-state index in [9.17, 15) is 27.9 Å². The van der Waals surface area contributed by atoms with Crippen molar-refractivity contribution in [3.63, 3.8) is 0 Å². The third kappa shape index (κ3) is 5.77. The molecule has 3 aromatic rings. The lowest BCUT2D eigenvalue weighted by Crippen LogP contribution is -2.32. The number of anilines is 1. The zero-order valence-electron chi connectivity index (χ0n) is 18.6. The highest BCUT2D eigenvalue weighted by atomic mass is 19.4. The van der Waals surface area contributed by atoms with E-state index < -0.39 is 23.9 Å². The zero-order chi connectivity index (χ0) is 24.9. The van der Waals surface area contributed by atoms with Crippen LogP contribution in [0.2, 0.25) is 0 Å². The number of fused-ring (bicyclic) bond motifs is 1. The fraction of sp³-hybridized carbons (Fsp3) is 0.348. The van der Waals surface area contributed by atoms with Gasteiger partial charge in [0.2, 0.25) is 0 Å². The van der Waals surface area contributed by atoms with E-state index >= 15 is 0 Å². The normalized spacial score (nSPS) is 11.4. The van der Waals surface area contributed by atoms with Crippen LogP contribution in [-0.4, -0.2) is 42.3 Å². The summed E-state index contributed by atoms with van der Waals surface area (Å²) < 4.78 is 50.2. The molecule has 0 aliphatic rings. The number of nitrogens with one attached hydrogen (secondary N) is 1. The predicted molar refractivity (Wildman–Crippen MR) is 116 cm³/mol. The zero-order valence-corrected chi connectivity index (χ0v) is 18.6. The molecule has 0 saturated carbocycles. The van der Waals surface area contributed by atoms with Crippen molar-refractivity contribution < 1.29 is 37.1 Å². The molecule has 0 atom stereocenters. The number of amides is 2. The van der Waals surface area contributed by atoms with Gasteiger partial charge in [-0.3, -0.25) is 0 Å². The summed E-state index contributed by atoms with van der Waals surface area (Å²) in [6.07, 6.45) is -3.03. The molecular formula is C23H23F3N3O5-. The van der Waals surface area contributed by atoms with E-state index in [2.05, 4.69) is 10.5 Å². The molecule has 0 unspecified atom stereocenters. The van der Waals surface area contributed by atoms with E-state index in [1.807, 2.05) is 6.92 Å². The van der Waals surface area contributed by atoms with Crippen molar-refractivity contribution in [1.29, 1.82) is 0 Å². The summed E-state index contributed by atoms with van der Waals surface area (Å²) in [6.45, 7) is 2.46. The number of benzene rings is 2. The van der Waals surface area contributed by atoms with E-state index in [0.717, 1.165) is 0 Å². The number of urea groups is 1. The van der Waals surface area contributed by atoms with Crippen LogP contribution < -0.4 is 15.2 Å². The van der Waals surface area contributed by atoms with Gasteiger partial charge in [-0.1, -0.05) is 30.6 Å². The Morgan fingerprint density at radius 1 is 1.18 bits per heavy atom. The molecule has 34 heavy (non-hydrogen) atoms. The van der Waals surface area contributed by atoms with Gasteiger partial charge in [-0.2, -0.15) is 13.2 Å². The molecule has 0 aliphatic heterocycles. The van der Waals surface area contributed by atoms with Gasteiger partial charge in [-0.05, 0) is 42.7 Å². The lowest BCUT2D eigenvalue weighted by atomic mass is 10.0. The van der Waals surface area contributed by atoms with Gasteiger partial charge in [0.05, 0.1) is 18.0 Å². The first-order chi connectivity index (χ1) is 16.1. The summed E-state index contributed by atoms with van der Waals surface area (Å²) in [6, 6.07) is 7.94. The number of hydrogen-bond donors (Lipinski definition) is 1. The molecule has 0 fully saturated rings. The lowest BCUT2D eigenvalue weighted by molar-refractivity contribution is -0.255. The predicted octanol–water partition coefficient (Wildman–Crippen LogP) is 4.10. The lowest BCUT2D eigenvalue weighted by Gasteiger charge is -2.18. The Morgan fingerprint density at radius 3 is 2.50 bits per heavy atom. The first-order valence-electron chi connectivity index (χ1n) is 10.6. The van der Waals surface area contributed by atoms with Crippen molar-refractivity contribution in [1.82, 2.24) is 10.1 Å². The van der Waals surface area contributed by atoms with Crippen LogP contribution in [0.5, 0.6) is 5.75 Å². The second-order valence-corrected chi connectivity index (χ2v) is 7.62. The van der Waals surface area contributed by atoms with Crippen molar-refractivity contribution in [3.8, 4) is 5.75 Å². The smallest absolute Gasteiger partial charge is 0.437 e. The number of hydrogen-bond acceptors (Lipinski definition) is 6. The molecule has 1 heterocycles. The van der Waals surface area contributed by atoms with Gasteiger partial charge in [-0.25, -0.2) is 4.79 Å². The van der Waals surface area contributed by atoms with E-state index in [1.165, 1.54) is 41.3 Å². The molecule has 0 spiro atoms. The van der Waals surface area contributed by atoms with Crippen molar-refractivity contribution >= 4 is 28.7 Å². The van der Waals surface area contributed by atoms with E-state index in [4.69, 9.17) is 9.26 Å². The first kappa shape index (κ1) is 24.9. The maximum atomic E-state index is 13.1. The van der Waals surface area contributed by atoms with Crippen LogP contribution in [0.3, 0.4) is 0 Å². The number of rotatable bonds is 9. The molecule has 2 amide bonds. The minimum absolute atomic E-state index is 0.00379. The molecule has 182 valence electrons. The Balaban J connectivity index is 1.57. The number of carbonyl (C=O) groups excluding carboxylic acids is 2. The Hall–Kier alpha value is -3.76. The molecule has 1 aromatic heterocycles.